The average molecular weight is 472 g/mol. The molecule has 6 aromatic rings. The second-order valence-corrected chi connectivity index (χ2v) is 8.28. The van der Waals surface area contributed by atoms with Crippen molar-refractivity contribution in [2.75, 3.05) is 5.32 Å². The van der Waals surface area contributed by atoms with Crippen LogP contribution in [0.4, 0.5) is 5.69 Å². The van der Waals surface area contributed by atoms with Crippen molar-refractivity contribution in [1.29, 1.82) is 0 Å². The molecular formula is C29H21N5O2. The molecule has 0 saturated heterocycles. The van der Waals surface area contributed by atoms with Crippen molar-refractivity contribution in [3.63, 3.8) is 0 Å². The van der Waals surface area contributed by atoms with Crippen molar-refractivity contribution in [2.45, 2.75) is 0 Å². The molecule has 0 atom stereocenters. The lowest BCUT2D eigenvalue weighted by atomic mass is 10.1. The highest BCUT2D eigenvalue weighted by atomic mass is 16.5. The number of nitrogens with zero attached hydrogens (tertiary/aromatic N) is 2. The van der Waals surface area contributed by atoms with E-state index in [1.165, 1.54) is 0 Å². The summed E-state index contributed by atoms with van der Waals surface area (Å²) in [5.41, 5.74) is 5.01. The van der Waals surface area contributed by atoms with E-state index in [-0.39, 0.29) is 5.91 Å². The summed E-state index contributed by atoms with van der Waals surface area (Å²) in [6.07, 6.45) is 5.84. The average Bonchev–Trinajstić information content (AvgIpc) is 3.55. The van der Waals surface area contributed by atoms with Crippen LogP contribution in [0.3, 0.4) is 0 Å². The van der Waals surface area contributed by atoms with Crippen LogP contribution in [0.1, 0.15) is 21.6 Å². The molecule has 0 unspecified atom stereocenters. The zero-order chi connectivity index (χ0) is 24.3. The van der Waals surface area contributed by atoms with Crippen LogP contribution in [-0.4, -0.2) is 26.3 Å². The van der Waals surface area contributed by atoms with E-state index in [9.17, 15) is 4.79 Å². The second kappa shape index (κ2) is 9.23. The second-order valence-electron chi connectivity index (χ2n) is 8.28. The summed E-state index contributed by atoms with van der Waals surface area (Å²) in [7, 11) is 0. The lowest BCUT2D eigenvalue weighted by Gasteiger charge is -2.09. The van der Waals surface area contributed by atoms with Crippen molar-refractivity contribution in [2.24, 2.45) is 0 Å². The molecule has 7 nitrogen and oxygen atoms in total. The maximum Gasteiger partial charge on any atom is 0.255 e. The number of fused-ring (bicyclic) bond motifs is 2. The van der Waals surface area contributed by atoms with Crippen molar-refractivity contribution >= 4 is 45.6 Å². The first-order chi connectivity index (χ1) is 17.7. The lowest BCUT2D eigenvalue weighted by molar-refractivity contribution is 0.102. The number of hydrogen-bond acceptors (Lipinski definition) is 4. The summed E-state index contributed by atoms with van der Waals surface area (Å²) in [6, 6.07) is 28.2. The van der Waals surface area contributed by atoms with Crippen molar-refractivity contribution in [3.05, 3.63) is 114 Å². The van der Waals surface area contributed by atoms with Gasteiger partial charge in [0.15, 0.2) is 0 Å². The number of carbonyl (C=O) groups excluding carboxylic acids is 1. The number of amides is 1. The van der Waals surface area contributed by atoms with E-state index in [4.69, 9.17) is 4.74 Å². The number of H-pyrrole nitrogens is 2. The predicted molar refractivity (Wildman–Crippen MR) is 142 cm³/mol. The van der Waals surface area contributed by atoms with Gasteiger partial charge in [0.05, 0.1) is 22.9 Å². The third kappa shape index (κ3) is 4.33. The number of ether oxygens (including phenoxy) is 1. The quantitative estimate of drug-likeness (QED) is 0.253. The fraction of sp³-hybridized carbons (Fsp3) is 0. The monoisotopic (exact) mass is 471 g/mol. The van der Waals surface area contributed by atoms with Crippen LogP contribution in [0.15, 0.2) is 97.2 Å². The molecule has 0 fully saturated rings. The first-order valence-electron chi connectivity index (χ1n) is 11.5. The Morgan fingerprint density at radius 1 is 0.778 bits per heavy atom. The minimum Gasteiger partial charge on any atom is -0.457 e. The zero-order valence-corrected chi connectivity index (χ0v) is 19.1. The largest absolute Gasteiger partial charge is 0.457 e. The SMILES string of the molecule is O=C(Nc1cccc(Oc2ccc3c(/C=C/c4cccc5[nH]ncc45)n[nH]c3c2)c1)c1ccccc1. The topological polar surface area (TPSA) is 95.7 Å². The van der Waals surface area contributed by atoms with Crippen LogP contribution >= 0.6 is 0 Å². The summed E-state index contributed by atoms with van der Waals surface area (Å²) in [5, 5.41) is 19.6. The molecule has 0 radical (unpaired) electrons. The fourth-order valence-corrected chi connectivity index (χ4v) is 4.08. The molecule has 3 N–H and O–H groups in total. The highest BCUT2D eigenvalue weighted by Crippen LogP contribution is 2.29. The van der Waals surface area contributed by atoms with Gasteiger partial charge in [0.2, 0.25) is 0 Å². The van der Waals surface area contributed by atoms with Gasteiger partial charge in [-0.2, -0.15) is 10.2 Å². The molecule has 36 heavy (non-hydrogen) atoms. The maximum atomic E-state index is 12.5. The van der Waals surface area contributed by atoms with Gasteiger partial charge in [-0.25, -0.2) is 0 Å². The van der Waals surface area contributed by atoms with Crippen molar-refractivity contribution in [1.82, 2.24) is 20.4 Å². The Hall–Kier alpha value is -5.17. The fourth-order valence-electron chi connectivity index (χ4n) is 4.08. The Kier molecular flexibility index (Phi) is 5.48. The summed E-state index contributed by atoms with van der Waals surface area (Å²) in [5.74, 6) is 1.11. The normalized spacial score (nSPS) is 11.3. The number of carbonyl (C=O) groups is 1. The van der Waals surface area contributed by atoms with Gasteiger partial charge in [0.25, 0.3) is 5.91 Å². The van der Waals surface area contributed by atoms with Gasteiger partial charge in [0.1, 0.15) is 11.5 Å². The number of rotatable bonds is 6. The standard InChI is InChI=1S/C29H21N5O2/c35-29(20-6-2-1-3-7-20)31-21-9-5-10-22(16-21)36-23-13-14-24-27(33-34-28(24)17-23)15-12-19-8-4-11-26-25(19)18-30-32-26/h1-18H,(H,30,32)(H,31,35)(H,33,34)/b15-12+. The molecule has 2 heterocycles. The molecule has 2 aromatic heterocycles. The summed E-state index contributed by atoms with van der Waals surface area (Å²) in [6.45, 7) is 0. The zero-order valence-electron chi connectivity index (χ0n) is 19.1. The van der Waals surface area contributed by atoms with Gasteiger partial charge in [-0.3, -0.25) is 15.0 Å². The Labute approximate surface area is 206 Å². The first kappa shape index (κ1) is 21.4. The van der Waals surface area contributed by atoms with Gasteiger partial charge < -0.3 is 10.1 Å². The molecule has 1 amide bonds. The highest BCUT2D eigenvalue weighted by molar-refractivity contribution is 6.04. The van der Waals surface area contributed by atoms with E-state index in [1.54, 1.807) is 18.2 Å². The third-order valence-electron chi connectivity index (χ3n) is 5.87. The maximum absolute atomic E-state index is 12.5. The molecule has 0 spiro atoms. The number of benzene rings is 4. The van der Waals surface area contributed by atoms with Gasteiger partial charge in [-0.05, 0) is 54.1 Å². The van der Waals surface area contributed by atoms with E-state index >= 15 is 0 Å². The van der Waals surface area contributed by atoms with Crippen LogP contribution in [0.25, 0.3) is 34.0 Å². The number of anilines is 1. The summed E-state index contributed by atoms with van der Waals surface area (Å²) < 4.78 is 6.06. The smallest absolute Gasteiger partial charge is 0.255 e. The van der Waals surface area contributed by atoms with Gasteiger partial charge in [-0.1, -0.05) is 42.5 Å². The molecular weight excluding hydrogens is 450 g/mol. The Bertz CT molecular complexity index is 1720. The van der Waals surface area contributed by atoms with E-state index < -0.39 is 0 Å². The Morgan fingerprint density at radius 3 is 2.56 bits per heavy atom. The molecule has 0 aliphatic carbocycles. The molecule has 0 aliphatic heterocycles. The molecule has 4 aromatic carbocycles. The predicted octanol–water partition coefficient (Wildman–Crippen LogP) is 6.65. The van der Waals surface area contributed by atoms with Crippen LogP contribution in [0.2, 0.25) is 0 Å². The minimum absolute atomic E-state index is 0.170. The van der Waals surface area contributed by atoms with E-state index in [0.29, 0.717) is 22.7 Å². The number of nitrogens with one attached hydrogen (secondary N) is 3. The van der Waals surface area contributed by atoms with E-state index in [0.717, 1.165) is 33.1 Å². The van der Waals surface area contributed by atoms with Gasteiger partial charge in [0, 0.05) is 34.2 Å². The van der Waals surface area contributed by atoms with E-state index in [1.807, 2.05) is 91.1 Å². The molecule has 174 valence electrons. The van der Waals surface area contributed by atoms with Gasteiger partial charge >= 0.3 is 0 Å². The first-order valence-corrected chi connectivity index (χ1v) is 11.5. The summed E-state index contributed by atoms with van der Waals surface area (Å²) in [4.78, 5) is 12.5. The van der Waals surface area contributed by atoms with E-state index in [2.05, 4.69) is 25.7 Å². The molecule has 7 heteroatoms. The van der Waals surface area contributed by atoms with Crippen molar-refractivity contribution < 1.29 is 9.53 Å². The highest BCUT2D eigenvalue weighted by Gasteiger charge is 2.08. The third-order valence-corrected chi connectivity index (χ3v) is 5.87. The molecule has 0 aliphatic rings. The van der Waals surface area contributed by atoms with Crippen LogP contribution in [0, 0.1) is 0 Å². The minimum atomic E-state index is -0.170. The number of aromatic nitrogens is 4. The van der Waals surface area contributed by atoms with Crippen LogP contribution in [-0.2, 0) is 0 Å². The van der Waals surface area contributed by atoms with Gasteiger partial charge in [-0.15, -0.1) is 0 Å². The molecule has 6 rings (SSSR count). The number of aromatic amines is 2. The lowest BCUT2D eigenvalue weighted by Crippen LogP contribution is -2.11. The molecule has 0 bridgehead atoms. The Morgan fingerprint density at radius 2 is 1.64 bits per heavy atom. The van der Waals surface area contributed by atoms with Crippen molar-refractivity contribution in [3.8, 4) is 11.5 Å². The van der Waals surface area contributed by atoms with Crippen LogP contribution < -0.4 is 10.1 Å². The van der Waals surface area contributed by atoms with Crippen LogP contribution in [0.5, 0.6) is 11.5 Å². The number of hydrogen-bond donors (Lipinski definition) is 3. The Balaban J connectivity index is 1.19. The molecule has 0 saturated carbocycles. The summed E-state index contributed by atoms with van der Waals surface area (Å²) >= 11 is 0.